The number of hydrogen-bond acceptors (Lipinski definition) is 4. The molecule has 0 aliphatic rings. The van der Waals surface area contributed by atoms with Gasteiger partial charge in [0, 0.05) is 37.4 Å². The van der Waals surface area contributed by atoms with Crippen LogP contribution in [0, 0.1) is 11.3 Å². The van der Waals surface area contributed by atoms with Crippen molar-refractivity contribution in [2.24, 2.45) is 0 Å². The summed E-state index contributed by atoms with van der Waals surface area (Å²) in [5.41, 5.74) is 2.64. The van der Waals surface area contributed by atoms with Gasteiger partial charge in [0.05, 0.1) is 0 Å². The number of amides is 1. The molecule has 190 valence electrons. The molecule has 1 N–H and O–H groups in total. The van der Waals surface area contributed by atoms with E-state index in [0.717, 1.165) is 11.1 Å². The third kappa shape index (κ3) is 7.30. The lowest BCUT2D eigenvalue weighted by Gasteiger charge is -2.11. The van der Waals surface area contributed by atoms with E-state index in [9.17, 15) is 10.1 Å². The fourth-order valence-electron chi connectivity index (χ4n) is 3.44. The Morgan fingerprint density at radius 2 is 1.50 bits per heavy atom. The molecule has 0 radical (unpaired) electrons. The van der Waals surface area contributed by atoms with Crippen LogP contribution in [0.3, 0.4) is 0 Å². The molecule has 4 rings (SSSR count). The maximum Gasteiger partial charge on any atom is 0.266 e. The molecule has 4 aromatic rings. The van der Waals surface area contributed by atoms with Gasteiger partial charge >= 0.3 is 0 Å². The van der Waals surface area contributed by atoms with E-state index in [1.807, 2.05) is 24.3 Å². The second-order valence-corrected chi connectivity index (χ2v) is 9.34. The van der Waals surface area contributed by atoms with Crippen LogP contribution in [0.15, 0.2) is 96.6 Å². The van der Waals surface area contributed by atoms with Crippen LogP contribution in [0.2, 0.25) is 15.1 Å². The first-order chi connectivity index (χ1) is 18.4. The third-order valence-corrected chi connectivity index (χ3v) is 6.40. The standard InChI is InChI=1S/C30H21Cl3N2O3/c31-24-10-9-22(28(33)16-24)19-38-29-8-4-2-5-20(29)15-23(17-34)30(36)35-25-11-13-26(14-12-25)37-18-21-6-1-3-7-27(21)32/h1-16H,18-19H2,(H,35,36)/b23-15+. The topological polar surface area (TPSA) is 71.3 Å². The molecule has 0 bridgehead atoms. The van der Waals surface area contributed by atoms with E-state index < -0.39 is 5.91 Å². The Kier molecular flexibility index (Phi) is 9.29. The van der Waals surface area contributed by atoms with Gasteiger partial charge in [0.25, 0.3) is 5.91 Å². The first-order valence-corrected chi connectivity index (χ1v) is 12.6. The molecule has 0 atom stereocenters. The maximum absolute atomic E-state index is 12.8. The number of anilines is 1. The lowest BCUT2D eigenvalue weighted by Crippen LogP contribution is -2.13. The molecule has 0 saturated carbocycles. The van der Waals surface area contributed by atoms with Gasteiger partial charge in [-0.15, -0.1) is 0 Å². The number of nitrogens with zero attached hydrogens (tertiary/aromatic N) is 1. The molecule has 0 saturated heterocycles. The van der Waals surface area contributed by atoms with E-state index in [1.165, 1.54) is 6.08 Å². The number of carbonyl (C=O) groups excluding carboxylic acids is 1. The Hall–Kier alpha value is -3.95. The van der Waals surface area contributed by atoms with Crippen LogP contribution in [0.25, 0.3) is 6.08 Å². The zero-order valence-electron chi connectivity index (χ0n) is 20.0. The van der Waals surface area contributed by atoms with E-state index in [0.29, 0.717) is 44.4 Å². The minimum absolute atomic E-state index is 0.0791. The third-order valence-electron chi connectivity index (χ3n) is 5.45. The van der Waals surface area contributed by atoms with Gasteiger partial charge in [-0.3, -0.25) is 4.79 Å². The second kappa shape index (κ2) is 13.0. The summed E-state index contributed by atoms with van der Waals surface area (Å²) in [6.07, 6.45) is 1.48. The van der Waals surface area contributed by atoms with Gasteiger partial charge in [0.1, 0.15) is 36.4 Å². The van der Waals surface area contributed by atoms with Crippen molar-refractivity contribution in [1.82, 2.24) is 0 Å². The van der Waals surface area contributed by atoms with Crippen molar-refractivity contribution in [3.05, 3.63) is 128 Å². The predicted molar refractivity (Wildman–Crippen MR) is 152 cm³/mol. The van der Waals surface area contributed by atoms with Gasteiger partial charge in [0.15, 0.2) is 0 Å². The van der Waals surface area contributed by atoms with Crippen molar-refractivity contribution in [3.8, 4) is 17.6 Å². The van der Waals surface area contributed by atoms with Crippen LogP contribution in [0.5, 0.6) is 11.5 Å². The Bertz CT molecular complexity index is 1510. The molecular weight excluding hydrogens is 543 g/mol. The van der Waals surface area contributed by atoms with Crippen molar-refractivity contribution >= 4 is 52.5 Å². The van der Waals surface area contributed by atoms with E-state index in [4.69, 9.17) is 44.3 Å². The molecule has 0 aliphatic heterocycles. The van der Waals surface area contributed by atoms with Crippen molar-refractivity contribution in [1.29, 1.82) is 5.26 Å². The molecule has 1 amide bonds. The van der Waals surface area contributed by atoms with Crippen LogP contribution >= 0.6 is 34.8 Å². The molecule has 0 unspecified atom stereocenters. The van der Waals surface area contributed by atoms with E-state index >= 15 is 0 Å². The van der Waals surface area contributed by atoms with Gasteiger partial charge in [-0.25, -0.2) is 0 Å². The summed E-state index contributed by atoms with van der Waals surface area (Å²) in [6, 6.07) is 28.5. The number of halogens is 3. The number of para-hydroxylation sites is 1. The van der Waals surface area contributed by atoms with Gasteiger partial charge in [0.2, 0.25) is 0 Å². The molecule has 4 aromatic carbocycles. The summed E-state index contributed by atoms with van der Waals surface area (Å²) >= 11 is 18.4. The van der Waals surface area contributed by atoms with Crippen LogP contribution in [-0.4, -0.2) is 5.91 Å². The SMILES string of the molecule is N#C/C(=C\c1ccccc1OCc1ccc(Cl)cc1Cl)C(=O)Nc1ccc(OCc2ccccc2Cl)cc1. The van der Waals surface area contributed by atoms with Crippen molar-refractivity contribution < 1.29 is 14.3 Å². The average molecular weight is 564 g/mol. The predicted octanol–water partition coefficient (Wildman–Crippen LogP) is 8.35. The summed E-state index contributed by atoms with van der Waals surface area (Å²) in [5.74, 6) is 0.567. The minimum atomic E-state index is -0.548. The largest absolute Gasteiger partial charge is 0.489 e. The molecule has 0 spiro atoms. The van der Waals surface area contributed by atoms with Crippen LogP contribution in [0.1, 0.15) is 16.7 Å². The second-order valence-electron chi connectivity index (χ2n) is 8.09. The smallest absolute Gasteiger partial charge is 0.266 e. The fourth-order valence-corrected chi connectivity index (χ4v) is 4.09. The molecule has 0 heterocycles. The zero-order chi connectivity index (χ0) is 26.9. The van der Waals surface area contributed by atoms with E-state index in [-0.39, 0.29) is 12.2 Å². The highest BCUT2D eigenvalue weighted by Crippen LogP contribution is 2.26. The number of nitriles is 1. The maximum atomic E-state index is 12.8. The summed E-state index contributed by atoms with van der Waals surface area (Å²) in [4.78, 5) is 12.8. The van der Waals surface area contributed by atoms with Gasteiger partial charge in [-0.2, -0.15) is 5.26 Å². The molecule has 5 nitrogen and oxygen atoms in total. The lowest BCUT2D eigenvalue weighted by atomic mass is 10.1. The average Bonchev–Trinajstić information content (AvgIpc) is 2.92. The van der Waals surface area contributed by atoms with E-state index in [1.54, 1.807) is 72.8 Å². The molecule has 8 heteroatoms. The molecule has 38 heavy (non-hydrogen) atoms. The summed E-state index contributed by atoms with van der Waals surface area (Å²) < 4.78 is 11.7. The molecule has 0 fully saturated rings. The summed E-state index contributed by atoms with van der Waals surface area (Å²) in [5, 5.41) is 14.1. The van der Waals surface area contributed by atoms with Crippen LogP contribution < -0.4 is 14.8 Å². The monoisotopic (exact) mass is 562 g/mol. The number of carbonyl (C=O) groups is 1. The van der Waals surface area contributed by atoms with E-state index in [2.05, 4.69) is 5.32 Å². The van der Waals surface area contributed by atoms with Crippen LogP contribution in [0.4, 0.5) is 5.69 Å². The first-order valence-electron chi connectivity index (χ1n) is 11.5. The van der Waals surface area contributed by atoms with Gasteiger partial charge < -0.3 is 14.8 Å². The number of rotatable bonds is 9. The zero-order valence-corrected chi connectivity index (χ0v) is 22.2. The quantitative estimate of drug-likeness (QED) is 0.164. The normalized spacial score (nSPS) is 10.9. The Morgan fingerprint density at radius 1 is 0.816 bits per heavy atom. The summed E-state index contributed by atoms with van der Waals surface area (Å²) in [7, 11) is 0. The lowest BCUT2D eigenvalue weighted by molar-refractivity contribution is -0.112. The highest BCUT2D eigenvalue weighted by atomic mass is 35.5. The van der Waals surface area contributed by atoms with Gasteiger partial charge in [-0.05, 0) is 54.6 Å². The summed E-state index contributed by atoms with van der Waals surface area (Å²) in [6.45, 7) is 0.512. The Morgan fingerprint density at radius 3 is 2.24 bits per heavy atom. The first kappa shape index (κ1) is 27.1. The number of ether oxygens (including phenoxy) is 2. The highest BCUT2D eigenvalue weighted by molar-refractivity contribution is 6.35. The van der Waals surface area contributed by atoms with Crippen molar-refractivity contribution in [2.45, 2.75) is 13.2 Å². The highest BCUT2D eigenvalue weighted by Gasteiger charge is 2.12. The molecule has 0 aromatic heterocycles. The van der Waals surface area contributed by atoms with Crippen LogP contribution in [-0.2, 0) is 18.0 Å². The number of hydrogen-bond donors (Lipinski definition) is 1. The van der Waals surface area contributed by atoms with Crippen molar-refractivity contribution in [2.75, 3.05) is 5.32 Å². The Labute approximate surface area is 235 Å². The molecular formula is C30H21Cl3N2O3. The minimum Gasteiger partial charge on any atom is -0.489 e. The number of benzene rings is 4. The molecule has 0 aliphatic carbocycles. The van der Waals surface area contributed by atoms with Crippen molar-refractivity contribution in [3.63, 3.8) is 0 Å². The van der Waals surface area contributed by atoms with Gasteiger partial charge in [-0.1, -0.05) is 77.3 Å². The Balaban J connectivity index is 1.41. The fraction of sp³-hybridized carbons (Fsp3) is 0.0667. The number of nitrogens with one attached hydrogen (secondary N) is 1.